The van der Waals surface area contributed by atoms with Crippen LogP contribution in [0, 0.1) is 0 Å². The van der Waals surface area contributed by atoms with E-state index in [1.807, 2.05) is 19.2 Å². The van der Waals surface area contributed by atoms with Crippen LogP contribution in [-0.4, -0.2) is 12.0 Å². The van der Waals surface area contributed by atoms with Crippen LogP contribution < -0.4 is 10.6 Å². The number of pyridine rings is 1. The highest BCUT2D eigenvalue weighted by molar-refractivity contribution is 7.10. The van der Waals surface area contributed by atoms with Gasteiger partial charge in [0, 0.05) is 24.2 Å². The molecule has 0 spiro atoms. The molecule has 2 aromatic heterocycles. The van der Waals surface area contributed by atoms with Crippen LogP contribution in [0.15, 0.2) is 35.8 Å². The molecule has 0 aliphatic carbocycles. The van der Waals surface area contributed by atoms with Gasteiger partial charge < -0.3 is 10.6 Å². The van der Waals surface area contributed by atoms with Gasteiger partial charge in [0.15, 0.2) is 0 Å². The van der Waals surface area contributed by atoms with Crippen molar-refractivity contribution in [3.8, 4) is 0 Å². The van der Waals surface area contributed by atoms with E-state index in [2.05, 4.69) is 47.4 Å². The van der Waals surface area contributed by atoms with Crippen molar-refractivity contribution in [2.45, 2.75) is 25.9 Å². The summed E-state index contributed by atoms with van der Waals surface area (Å²) in [5.41, 5.74) is 7.03. The van der Waals surface area contributed by atoms with Crippen LogP contribution in [0.25, 0.3) is 0 Å². The molecule has 0 bridgehead atoms. The molecule has 3 nitrogen and oxygen atoms in total. The Morgan fingerprint density at radius 2 is 2.11 bits per heavy atom. The maximum Gasteiger partial charge on any atom is 0.129 e. The molecule has 0 saturated carbocycles. The molecular weight excluding hydrogens is 242 g/mol. The smallest absolute Gasteiger partial charge is 0.129 e. The van der Waals surface area contributed by atoms with Crippen LogP contribution >= 0.6 is 11.3 Å². The molecule has 2 rings (SSSR count). The first-order valence-electron chi connectivity index (χ1n) is 6.07. The van der Waals surface area contributed by atoms with Gasteiger partial charge in [0.2, 0.25) is 0 Å². The average Bonchev–Trinajstić information content (AvgIpc) is 2.91. The van der Waals surface area contributed by atoms with E-state index in [0.29, 0.717) is 6.04 Å². The third-order valence-electron chi connectivity index (χ3n) is 3.19. The van der Waals surface area contributed by atoms with E-state index < -0.39 is 0 Å². The zero-order valence-electron chi connectivity index (χ0n) is 11.0. The Kier molecular flexibility index (Phi) is 3.99. The molecule has 2 aromatic rings. The second-order valence-electron chi connectivity index (χ2n) is 4.54. The average molecular weight is 261 g/mol. The SMILES string of the molecule is CC(c1cccs1)N(C)c1cc([C@H](C)N)ccn1. The molecule has 96 valence electrons. The third-order valence-corrected chi connectivity index (χ3v) is 4.24. The summed E-state index contributed by atoms with van der Waals surface area (Å²) in [6.45, 7) is 4.17. The van der Waals surface area contributed by atoms with E-state index in [0.717, 1.165) is 11.4 Å². The number of nitrogens with two attached hydrogens (primary N) is 1. The van der Waals surface area contributed by atoms with Gasteiger partial charge in [0.25, 0.3) is 0 Å². The van der Waals surface area contributed by atoms with Crippen LogP contribution in [0.4, 0.5) is 5.82 Å². The maximum atomic E-state index is 5.91. The quantitative estimate of drug-likeness (QED) is 0.917. The molecule has 0 saturated heterocycles. The summed E-state index contributed by atoms with van der Waals surface area (Å²) >= 11 is 1.77. The predicted octanol–water partition coefficient (Wildman–Crippen LogP) is 3.36. The molecule has 2 atom stereocenters. The van der Waals surface area contributed by atoms with Crippen LogP contribution in [0.5, 0.6) is 0 Å². The molecule has 0 amide bonds. The molecule has 0 aliphatic heterocycles. The number of nitrogens with zero attached hydrogens (tertiary/aromatic N) is 2. The molecule has 0 aromatic carbocycles. The second kappa shape index (κ2) is 5.50. The minimum atomic E-state index is 0.0391. The monoisotopic (exact) mass is 261 g/mol. The van der Waals surface area contributed by atoms with E-state index >= 15 is 0 Å². The number of hydrogen-bond donors (Lipinski definition) is 1. The van der Waals surface area contributed by atoms with Gasteiger partial charge in [-0.25, -0.2) is 4.98 Å². The Morgan fingerprint density at radius 1 is 1.33 bits per heavy atom. The van der Waals surface area contributed by atoms with Gasteiger partial charge in [-0.3, -0.25) is 0 Å². The van der Waals surface area contributed by atoms with Gasteiger partial charge in [0.05, 0.1) is 6.04 Å². The fourth-order valence-corrected chi connectivity index (χ4v) is 2.65. The van der Waals surface area contributed by atoms with E-state index in [1.54, 1.807) is 11.3 Å². The van der Waals surface area contributed by atoms with Crippen molar-refractivity contribution in [1.29, 1.82) is 0 Å². The van der Waals surface area contributed by atoms with Crippen LogP contribution in [0.3, 0.4) is 0 Å². The summed E-state index contributed by atoms with van der Waals surface area (Å²) in [5, 5.41) is 2.10. The summed E-state index contributed by atoms with van der Waals surface area (Å²) in [6, 6.07) is 8.63. The van der Waals surface area contributed by atoms with Gasteiger partial charge in [-0.1, -0.05) is 6.07 Å². The maximum absolute atomic E-state index is 5.91. The normalized spacial score (nSPS) is 14.2. The number of anilines is 1. The molecule has 0 radical (unpaired) electrons. The molecule has 0 fully saturated rings. The number of thiophene rings is 1. The Morgan fingerprint density at radius 3 is 2.72 bits per heavy atom. The highest BCUT2D eigenvalue weighted by atomic mass is 32.1. The highest BCUT2D eigenvalue weighted by Crippen LogP contribution is 2.27. The summed E-state index contributed by atoms with van der Waals surface area (Å²) in [4.78, 5) is 7.94. The first kappa shape index (κ1) is 13.1. The number of hydrogen-bond acceptors (Lipinski definition) is 4. The van der Waals surface area contributed by atoms with Crippen LogP contribution in [-0.2, 0) is 0 Å². The van der Waals surface area contributed by atoms with E-state index in [9.17, 15) is 0 Å². The topological polar surface area (TPSA) is 42.1 Å². The Hall–Kier alpha value is -1.39. The summed E-state index contributed by atoms with van der Waals surface area (Å²) in [7, 11) is 2.07. The molecule has 4 heteroatoms. The second-order valence-corrected chi connectivity index (χ2v) is 5.52. The zero-order valence-corrected chi connectivity index (χ0v) is 11.8. The number of rotatable bonds is 4. The molecule has 2 heterocycles. The fraction of sp³-hybridized carbons (Fsp3) is 0.357. The van der Waals surface area contributed by atoms with Gasteiger partial charge in [-0.15, -0.1) is 11.3 Å². The minimum Gasteiger partial charge on any atom is -0.352 e. The van der Waals surface area contributed by atoms with Crippen molar-refractivity contribution in [2.75, 3.05) is 11.9 Å². The molecular formula is C14H19N3S. The zero-order chi connectivity index (χ0) is 13.1. The molecule has 1 unspecified atom stereocenters. The lowest BCUT2D eigenvalue weighted by atomic mass is 10.1. The van der Waals surface area contributed by atoms with E-state index in [4.69, 9.17) is 5.73 Å². The van der Waals surface area contributed by atoms with Gasteiger partial charge >= 0.3 is 0 Å². The van der Waals surface area contributed by atoms with Crippen LogP contribution in [0.2, 0.25) is 0 Å². The first-order valence-corrected chi connectivity index (χ1v) is 6.95. The molecule has 0 aliphatic rings. The van der Waals surface area contributed by atoms with E-state index in [-0.39, 0.29) is 6.04 Å². The summed E-state index contributed by atoms with van der Waals surface area (Å²) in [5.74, 6) is 0.964. The fourth-order valence-electron chi connectivity index (χ4n) is 1.83. The lowest BCUT2D eigenvalue weighted by Gasteiger charge is -2.25. The number of aromatic nitrogens is 1. The van der Waals surface area contributed by atoms with Crippen molar-refractivity contribution in [2.24, 2.45) is 5.73 Å². The van der Waals surface area contributed by atoms with Gasteiger partial charge in [-0.05, 0) is 43.0 Å². The van der Waals surface area contributed by atoms with Crippen molar-refractivity contribution in [1.82, 2.24) is 4.98 Å². The van der Waals surface area contributed by atoms with Crippen LogP contribution in [0.1, 0.15) is 36.4 Å². The van der Waals surface area contributed by atoms with Crippen molar-refractivity contribution in [3.63, 3.8) is 0 Å². The van der Waals surface area contributed by atoms with Crippen molar-refractivity contribution >= 4 is 17.2 Å². The summed E-state index contributed by atoms with van der Waals surface area (Å²) in [6.07, 6.45) is 1.83. The predicted molar refractivity (Wildman–Crippen MR) is 78.0 cm³/mol. The Labute approximate surface area is 112 Å². The first-order chi connectivity index (χ1) is 8.59. The molecule has 18 heavy (non-hydrogen) atoms. The van der Waals surface area contributed by atoms with Crippen molar-refractivity contribution in [3.05, 3.63) is 46.3 Å². The van der Waals surface area contributed by atoms with E-state index in [1.165, 1.54) is 4.88 Å². The van der Waals surface area contributed by atoms with Gasteiger partial charge in [-0.2, -0.15) is 0 Å². The Bertz CT molecular complexity index is 494. The highest BCUT2D eigenvalue weighted by Gasteiger charge is 2.14. The lowest BCUT2D eigenvalue weighted by Crippen LogP contribution is -2.22. The standard InChI is InChI=1S/C14H19N3S/c1-10(15)12-6-7-16-14(9-12)17(3)11(2)13-5-4-8-18-13/h4-11H,15H2,1-3H3/t10-,11?/m0/s1. The van der Waals surface area contributed by atoms with Crippen molar-refractivity contribution < 1.29 is 0 Å². The minimum absolute atomic E-state index is 0.0391. The third kappa shape index (κ3) is 2.71. The Balaban J connectivity index is 2.23. The largest absolute Gasteiger partial charge is 0.352 e. The molecule has 2 N–H and O–H groups in total. The van der Waals surface area contributed by atoms with Gasteiger partial charge in [0.1, 0.15) is 5.82 Å². The summed E-state index contributed by atoms with van der Waals surface area (Å²) < 4.78 is 0. The lowest BCUT2D eigenvalue weighted by molar-refractivity contribution is 0.737.